The molecule has 0 bridgehead atoms. The second-order valence-electron chi connectivity index (χ2n) is 7.74. The van der Waals surface area contributed by atoms with Crippen molar-refractivity contribution in [3.8, 4) is 11.6 Å². The lowest BCUT2D eigenvalue weighted by Crippen LogP contribution is -2.41. The molecule has 0 saturated carbocycles. The number of anilines is 1. The van der Waals surface area contributed by atoms with Crippen LogP contribution in [0.3, 0.4) is 0 Å². The zero-order valence-corrected chi connectivity index (χ0v) is 17.6. The van der Waals surface area contributed by atoms with Gasteiger partial charge in [0.2, 0.25) is 5.91 Å². The average molecular weight is 417 g/mol. The molecule has 0 aliphatic carbocycles. The third kappa shape index (κ3) is 5.81. The second-order valence-corrected chi connectivity index (χ2v) is 7.74. The van der Waals surface area contributed by atoms with Crippen molar-refractivity contribution in [2.24, 2.45) is 5.92 Å². The number of carbonyl (C=O) groups excluding carboxylic acids is 1. The van der Waals surface area contributed by atoms with Crippen LogP contribution in [0.2, 0.25) is 0 Å². The molecule has 1 aliphatic rings. The molecule has 3 aromatic rings. The highest BCUT2D eigenvalue weighted by Crippen LogP contribution is 2.30. The van der Waals surface area contributed by atoms with Crippen molar-refractivity contribution in [3.63, 3.8) is 0 Å². The molecular formula is C25H28N4O2. The lowest BCUT2D eigenvalue weighted by Gasteiger charge is -2.32. The Morgan fingerprint density at radius 2 is 1.65 bits per heavy atom. The molecule has 0 radical (unpaired) electrons. The maximum atomic E-state index is 12.6. The zero-order valence-electron chi connectivity index (χ0n) is 17.6. The van der Waals surface area contributed by atoms with Crippen LogP contribution in [-0.4, -0.2) is 35.5 Å². The van der Waals surface area contributed by atoms with Crippen molar-refractivity contribution in [2.75, 3.05) is 24.5 Å². The molecule has 4 rings (SSSR count). The van der Waals surface area contributed by atoms with Gasteiger partial charge in [0, 0.05) is 37.9 Å². The zero-order chi connectivity index (χ0) is 21.3. The summed E-state index contributed by atoms with van der Waals surface area (Å²) in [4.78, 5) is 23.6. The van der Waals surface area contributed by atoms with Gasteiger partial charge in [-0.25, -0.2) is 9.97 Å². The number of nitrogens with zero attached hydrogens (tertiary/aromatic N) is 3. The predicted octanol–water partition coefficient (Wildman–Crippen LogP) is 4.23. The number of aryl methyl sites for hydroxylation is 1. The van der Waals surface area contributed by atoms with Crippen LogP contribution in [0.15, 0.2) is 73.1 Å². The molecular weight excluding hydrogens is 388 g/mol. The first-order valence-electron chi connectivity index (χ1n) is 10.9. The monoisotopic (exact) mass is 416 g/mol. The molecule has 1 fully saturated rings. The number of aromatic nitrogens is 2. The minimum Gasteiger partial charge on any atom is -0.436 e. The molecule has 2 heterocycles. The van der Waals surface area contributed by atoms with Crippen molar-refractivity contribution < 1.29 is 9.53 Å². The second kappa shape index (κ2) is 10.6. The lowest BCUT2D eigenvalue weighted by molar-refractivity contribution is -0.125. The van der Waals surface area contributed by atoms with Crippen molar-refractivity contribution in [1.82, 2.24) is 15.3 Å². The van der Waals surface area contributed by atoms with Crippen LogP contribution in [0.5, 0.6) is 11.6 Å². The number of amides is 1. The van der Waals surface area contributed by atoms with Gasteiger partial charge in [-0.1, -0.05) is 48.5 Å². The van der Waals surface area contributed by atoms with E-state index in [1.54, 1.807) is 12.4 Å². The molecule has 160 valence electrons. The van der Waals surface area contributed by atoms with E-state index >= 15 is 0 Å². The number of nitrogens with one attached hydrogen (secondary N) is 1. The summed E-state index contributed by atoms with van der Waals surface area (Å²) in [5, 5.41) is 3.11. The SMILES string of the molecule is O=C(NCCCc1ccccc1)C1CCN(c2nccnc2Oc2ccccc2)CC1. The molecule has 0 atom stereocenters. The van der Waals surface area contributed by atoms with Gasteiger partial charge < -0.3 is 15.0 Å². The van der Waals surface area contributed by atoms with E-state index < -0.39 is 0 Å². The highest BCUT2D eigenvalue weighted by molar-refractivity contribution is 5.79. The third-order valence-electron chi connectivity index (χ3n) is 5.55. The Balaban J connectivity index is 1.25. The van der Waals surface area contributed by atoms with E-state index in [0.717, 1.165) is 50.3 Å². The number of hydrogen-bond donors (Lipinski definition) is 1. The number of ether oxygens (including phenoxy) is 1. The summed E-state index contributed by atoms with van der Waals surface area (Å²) in [6.45, 7) is 2.23. The van der Waals surface area contributed by atoms with Gasteiger partial charge in [0.1, 0.15) is 5.75 Å². The van der Waals surface area contributed by atoms with Gasteiger partial charge in [0.15, 0.2) is 5.82 Å². The molecule has 1 aromatic heterocycles. The Morgan fingerprint density at radius 3 is 2.39 bits per heavy atom. The van der Waals surface area contributed by atoms with Crippen LogP contribution in [0.4, 0.5) is 5.82 Å². The first-order chi connectivity index (χ1) is 15.3. The Hall–Kier alpha value is -3.41. The highest BCUT2D eigenvalue weighted by Gasteiger charge is 2.27. The quantitative estimate of drug-likeness (QED) is 0.557. The fourth-order valence-corrected chi connectivity index (χ4v) is 3.85. The summed E-state index contributed by atoms with van der Waals surface area (Å²) in [7, 11) is 0. The van der Waals surface area contributed by atoms with E-state index in [2.05, 4.69) is 44.5 Å². The molecule has 1 saturated heterocycles. The predicted molar refractivity (Wildman–Crippen MR) is 121 cm³/mol. The lowest BCUT2D eigenvalue weighted by atomic mass is 9.96. The van der Waals surface area contributed by atoms with Gasteiger partial charge in [0.25, 0.3) is 5.88 Å². The number of benzene rings is 2. The van der Waals surface area contributed by atoms with Gasteiger partial charge in [0.05, 0.1) is 0 Å². The third-order valence-corrected chi connectivity index (χ3v) is 5.55. The van der Waals surface area contributed by atoms with Gasteiger partial charge in [-0.15, -0.1) is 0 Å². The van der Waals surface area contributed by atoms with E-state index in [1.165, 1.54) is 5.56 Å². The molecule has 1 amide bonds. The number of carbonyl (C=O) groups is 1. The fourth-order valence-electron chi connectivity index (χ4n) is 3.85. The van der Waals surface area contributed by atoms with Crippen molar-refractivity contribution in [3.05, 3.63) is 78.6 Å². The summed E-state index contributed by atoms with van der Waals surface area (Å²) in [6.07, 6.45) is 6.85. The largest absolute Gasteiger partial charge is 0.436 e. The van der Waals surface area contributed by atoms with Crippen LogP contribution in [-0.2, 0) is 11.2 Å². The molecule has 6 heteroatoms. The van der Waals surface area contributed by atoms with Crippen LogP contribution >= 0.6 is 0 Å². The van der Waals surface area contributed by atoms with Crippen LogP contribution in [0, 0.1) is 5.92 Å². The molecule has 1 N–H and O–H groups in total. The molecule has 0 spiro atoms. The molecule has 2 aromatic carbocycles. The number of piperidine rings is 1. The normalized spacial score (nSPS) is 14.3. The summed E-state index contributed by atoms with van der Waals surface area (Å²) >= 11 is 0. The van der Waals surface area contributed by atoms with Crippen LogP contribution < -0.4 is 15.0 Å². The van der Waals surface area contributed by atoms with E-state index in [-0.39, 0.29) is 11.8 Å². The van der Waals surface area contributed by atoms with Crippen molar-refractivity contribution in [1.29, 1.82) is 0 Å². The topological polar surface area (TPSA) is 67.4 Å². The maximum Gasteiger partial charge on any atom is 0.263 e. The molecule has 6 nitrogen and oxygen atoms in total. The summed E-state index contributed by atoms with van der Waals surface area (Å²) in [6, 6.07) is 20.0. The molecule has 31 heavy (non-hydrogen) atoms. The van der Waals surface area contributed by atoms with Gasteiger partial charge in [-0.3, -0.25) is 4.79 Å². The fraction of sp³-hybridized carbons (Fsp3) is 0.320. The summed E-state index contributed by atoms with van der Waals surface area (Å²) in [5.41, 5.74) is 1.31. The number of hydrogen-bond acceptors (Lipinski definition) is 5. The smallest absolute Gasteiger partial charge is 0.263 e. The first-order valence-corrected chi connectivity index (χ1v) is 10.9. The van der Waals surface area contributed by atoms with E-state index in [4.69, 9.17) is 4.74 Å². The van der Waals surface area contributed by atoms with E-state index in [1.807, 2.05) is 36.4 Å². The first kappa shape index (κ1) is 20.8. The average Bonchev–Trinajstić information content (AvgIpc) is 2.83. The standard InChI is InChI=1S/C25H28N4O2/c30-24(27-15-7-10-20-8-3-1-4-9-20)21-13-18-29(19-14-21)23-25(28-17-16-26-23)31-22-11-5-2-6-12-22/h1-6,8-9,11-12,16-17,21H,7,10,13-15,18-19H2,(H,27,30). The van der Waals surface area contributed by atoms with E-state index in [9.17, 15) is 4.79 Å². The Bertz CT molecular complexity index is 958. The van der Waals surface area contributed by atoms with Crippen LogP contribution in [0.1, 0.15) is 24.8 Å². The molecule has 1 aliphatic heterocycles. The maximum absolute atomic E-state index is 12.6. The van der Waals surface area contributed by atoms with Crippen molar-refractivity contribution >= 4 is 11.7 Å². The summed E-state index contributed by atoms with van der Waals surface area (Å²) < 4.78 is 5.94. The minimum absolute atomic E-state index is 0.0446. The van der Waals surface area contributed by atoms with Crippen LogP contribution in [0.25, 0.3) is 0 Å². The Kier molecular flexibility index (Phi) is 7.11. The highest BCUT2D eigenvalue weighted by atomic mass is 16.5. The number of rotatable bonds is 8. The Labute approximate surface area is 183 Å². The van der Waals surface area contributed by atoms with E-state index in [0.29, 0.717) is 12.4 Å². The minimum atomic E-state index is 0.0446. The number of para-hydroxylation sites is 1. The Morgan fingerprint density at radius 1 is 0.968 bits per heavy atom. The van der Waals surface area contributed by atoms with Gasteiger partial charge in [-0.2, -0.15) is 0 Å². The van der Waals surface area contributed by atoms with Gasteiger partial charge >= 0.3 is 0 Å². The van der Waals surface area contributed by atoms with Crippen molar-refractivity contribution in [2.45, 2.75) is 25.7 Å². The summed E-state index contributed by atoms with van der Waals surface area (Å²) in [5.74, 6) is 2.16. The molecule has 0 unspecified atom stereocenters. The van der Waals surface area contributed by atoms with Gasteiger partial charge in [-0.05, 0) is 43.4 Å².